The average Bonchev–Trinajstić information content (AvgIpc) is 3.80. The molecule has 0 saturated heterocycles. The smallest absolute Gasteiger partial charge is 0.0132 e. The molecule has 0 heterocycles. The van der Waals surface area contributed by atoms with Gasteiger partial charge in [0.15, 0.2) is 0 Å². The van der Waals surface area contributed by atoms with E-state index in [9.17, 15) is 0 Å². The van der Waals surface area contributed by atoms with Crippen LogP contribution in [0.4, 0.5) is 0 Å². The van der Waals surface area contributed by atoms with Crippen molar-refractivity contribution >= 4 is 27.0 Å². The Morgan fingerprint density at radius 2 is 1.12 bits per heavy atom. The monoisotopic (exact) mass is 808 g/mol. The van der Waals surface area contributed by atoms with Crippen molar-refractivity contribution in [2.75, 3.05) is 0 Å². The van der Waals surface area contributed by atoms with Crippen molar-refractivity contribution in [1.29, 1.82) is 0 Å². The fourth-order valence-corrected chi connectivity index (χ4v) is 7.15. The van der Waals surface area contributed by atoms with Crippen LogP contribution >= 0.6 is 0 Å². The zero-order valence-corrected chi connectivity index (χ0v) is 37.4. The molecule has 6 aromatic carbocycles. The van der Waals surface area contributed by atoms with E-state index in [2.05, 4.69) is 172 Å². The standard InChI is InChI=1S/C24H27.C21H23.C2H6Si.2ClH.Zr/c1-24(2,3)21-13-11-18(12-14-21)22-10-6-9-19-15-20(16-23(19)22)17-7-4-5-8-17;1-14-12-19-15(2)6-11-18(20(19)13-14)16-7-9-17(10-8-16)21(3,4)5;1-3-2;;;/h6,9-17H,4-5,7-8H2,1-3H3;6-13H,1-5H3;1-2H3;2*1H;/q2*-1;;;;+2/p-2. The Morgan fingerprint density at radius 3 is 1.61 bits per heavy atom. The van der Waals surface area contributed by atoms with Crippen LogP contribution in [-0.4, -0.2) is 5.43 Å². The summed E-state index contributed by atoms with van der Waals surface area (Å²) in [5.74, 6) is 0.786. The maximum atomic E-state index is 2.46. The molecule has 0 atom stereocenters. The normalized spacial score (nSPS) is 13.1. The van der Waals surface area contributed by atoms with Crippen molar-refractivity contribution in [3.8, 4) is 22.3 Å². The van der Waals surface area contributed by atoms with Gasteiger partial charge < -0.3 is 24.8 Å². The SMILES string of the molecule is CC(C)(C)c1ccc(-c2cccc3[cH-]c(C4CCCC4)cc23)cc1.C[Si](C)=[Zr+2].Cc1cc2c(-c3ccc(C(C)(C)C)cc3)ccc(C)c2[cH-]1.[Cl-].[Cl-]. The summed E-state index contributed by atoms with van der Waals surface area (Å²) >= 11 is 1.74. The molecule has 1 fully saturated rings. The molecule has 4 heteroatoms. The van der Waals surface area contributed by atoms with E-state index in [1.807, 2.05) is 0 Å². The van der Waals surface area contributed by atoms with Crippen LogP contribution in [0, 0.1) is 13.8 Å². The second kappa shape index (κ2) is 18.2. The number of benzene rings is 4. The van der Waals surface area contributed by atoms with Gasteiger partial charge in [0.25, 0.3) is 0 Å². The van der Waals surface area contributed by atoms with Gasteiger partial charge in [-0.05, 0) is 51.8 Å². The zero-order chi connectivity index (χ0) is 35.5. The Kier molecular flexibility index (Phi) is 15.4. The molecule has 0 radical (unpaired) electrons. The molecule has 51 heavy (non-hydrogen) atoms. The topological polar surface area (TPSA) is 0 Å². The van der Waals surface area contributed by atoms with Gasteiger partial charge in [0.2, 0.25) is 0 Å². The second-order valence-electron chi connectivity index (χ2n) is 16.5. The van der Waals surface area contributed by atoms with Crippen LogP contribution < -0.4 is 24.8 Å². The molecule has 0 amide bonds. The average molecular weight is 811 g/mol. The summed E-state index contributed by atoms with van der Waals surface area (Å²) in [5, 5.41) is 5.57. The van der Waals surface area contributed by atoms with Crippen LogP contribution in [-0.2, 0) is 34.2 Å². The minimum Gasteiger partial charge on any atom is -1.00 e. The third kappa shape index (κ3) is 10.9. The third-order valence-electron chi connectivity index (χ3n) is 9.97. The molecule has 0 bridgehead atoms. The van der Waals surface area contributed by atoms with Crippen molar-refractivity contribution in [2.24, 2.45) is 0 Å². The summed E-state index contributed by atoms with van der Waals surface area (Å²) in [4.78, 5) is 0. The summed E-state index contributed by atoms with van der Waals surface area (Å²) in [6, 6.07) is 38.9. The summed E-state index contributed by atoms with van der Waals surface area (Å²) in [5.41, 5.74) is 13.0. The summed E-state index contributed by atoms with van der Waals surface area (Å²) in [6.45, 7) is 22.6. The molecule has 6 aromatic rings. The minimum atomic E-state index is 0. The largest absolute Gasteiger partial charge is 1.00 e. The minimum absolute atomic E-state index is 0. The predicted octanol–water partition coefficient (Wildman–Crippen LogP) is 8.11. The van der Waals surface area contributed by atoms with Gasteiger partial charge in [0.1, 0.15) is 0 Å². The van der Waals surface area contributed by atoms with Crippen LogP contribution in [0.25, 0.3) is 43.8 Å². The molecule has 1 aliphatic rings. The predicted molar refractivity (Wildman–Crippen MR) is 216 cm³/mol. The van der Waals surface area contributed by atoms with Gasteiger partial charge in [0.05, 0.1) is 0 Å². The van der Waals surface area contributed by atoms with E-state index in [0.717, 1.165) is 5.92 Å². The molecule has 0 spiro atoms. The number of fused-ring (bicyclic) bond motifs is 2. The van der Waals surface area contributed by atoms with Gasteiger partial charge in [-0.25, -0.2) is 0 Å². The van der Waals surface area contributed by atoms with E-state index in [0.29, 0.717) is 0 Å². The summed E-state index contributed by atoms with van der Waals surface area (Å²) in [6.07, 6.45) is 5.53. The van der Waals surface area contributed by atoms with E-state index < -0.39 is 0 Å². The zero-order valence-electron chi connectivity index (χ0n) is 32.5. The second-order valence-corrected chi connectivity index (χ2v) is 25.9. The number of halogens is 2. The number of hydrogen-bond acceptors (Lipinski definition) is 0. The molecule has 1 aliphatic carbocycles. The van der Waals surface area contributed by atoms with E-state index >= 15 is 0 Å². The van der Waals surface area contributed by atoms with Gasteiger partial charge in [0, 0.05) is 0 Å². The van der Waals surface area contributed by atoms with E-state index in [1.54, 1.807) is 28.9 Å². The van der Waals surface area contributed by atoms with Gasteiger partial charge in [-0.15, -0.1) is 68.6 Å². The van der Waals surface area contributed by atoms with Gasteiger partial charge >= 0.3 is 41.9 Å². The van der Waals surface area contributed by atoms with E-state index in [4.69, 9.17) is 0 Å². The number of hydrogen-bond donors (Lipinski definition) is 0. The van der Waals surface area contributed by atoms with Crippen molar-refractivity contribution < 1.29 is 48.1 Å². The molecule has 0 aromatic heterocycles. The van der Waals surface area contributed by atoms with Crippen molar-refractivity contribution in [2.45, 2.75) is 111 Å². The molecule has 268 valence electrons. The van der Waals surface area contributed by atoms with Crippen molar-refractivity contribution in [3.63, 3.8) is 0 Å². The molecule has 1 saturated carbocycles. The molecule has 7 rings (SSSR count). The van der Waals surface area contributed by atoms with Gasteiger partial charge in [-0.2, -0.15) is 12.1 Å². The van der Waals surface area contributed by atoms with Gasteiger partial charge in [-0.1, -0.05) is 140 Å². The first-order chi connectivity index (χ1) is 23.1. The fraction of sp³-hybridized carbons (Fsp3) is 0.362. The first-order valence-corrected chi connectivity index (χ1v) is 24.4. The first-order valence-electron chi connectivity index (χ1n) is 18.2. The van der Waals surface area contributed by atoms with Crippen LogP contribution in [0.3, 0.4) is 0 Å². The number of rotatable bonds is 3. The van der Waals surface area contributed by atoms with Crippen molar-refractivity contribution in [1.82, 2.24) is 0 Å². The molecule has 0 nitrogen and oxygen atoms in total. The van der Waals surface area contributed by atoms with E-state index in [-0.39, 0.29) is 41.1 Å². The molecular weight excluding hydrogens is 755 g/mol. The van der Waals surface area contributed by atoms with Crippen LogP contribution in [0.2, 0.25) is 13.1 Å². The van der Waals surface area contributed by atoms with Crippen LogP contribution in [0.5, 0.6) is 0 Å². The summed E-state index contributed by atoms with van der Waals surface area (Å²) in [7, 11) is 0. The molecule has 0 unspecified atom stereocenters. The Labute approximate surface area is 336 Å². The molecule has 0 N–H and O–H groups in total. The Hall–Kier alpha value is -2.22. The van der Waals surface area contributed by atoms with Crippen LogP contribution in [0.1, 0.15) is 101 Å². The maximum absolute atomic E-state index is 2.46. The Bertz CT molecular complexity index is 2020. The van der Waals surface area contributed by atoms with Crippen LogP contribution in [0.15, 0.2) is 103 Å². The Morgan fingerprint density at radius 1 is 0.627 bits per heavy atom. The van der Waals surface area contributed by atoms with Crippen molar-refractivity contribution in [3.05, 3.63) is 131 Å². The Balaban J connectivity index is 0.000000243. The molecular formula is C47H56Cl2SiZr-2. The third-order valence-corrected chi connectivity index (χ3v) is 9.97. The maximum Gasteiger partial charge on any atom is -0.0132 e. The van der Waals surface area contributed by atoms with E-state index in [1.165, 1.54) is 91.7 Å². The van der Waals surface area contributed by atoms with Gasteiger partial charge in [-0.3, -0.25) is 0 Å². The molecule has 0 aliphatic heterocycles. The number of aryl methyl sites for hydroxylation is 2. The fourth-order valence-electron chi connectivity index (χ4n) is 7.15. The first kappa shape index (κ1) is 43.2. The summed E-state index contributed by atoms with van der Waals surface area (Å²) < 4.78 is 0. The quantitative estimate of drug-likeness (QED) is 0.125.